The highest BCUT2D eigenvalue weighted by atomic mass is 79.9. The topological polar surface area (TPSA) is 76.1 Å². The Balaban J connectivity index is 1.88. The maximum absolute atomic E-state index is 12.9. The number of amides is 1. The largest absolute Gasteiger partial charge is 0.437 e. The van der Waals surface area contributed by atoms with Crippen molar-refractivity contribution in [3.05, 3.63) is 70.3 Å². The molecule has 3 aromatic rings. The van der Waals surface area contributed by atoms with Crippen LogP contribution in [0.5, 0.6) is 11.6 Å². The number of rotatable bonds is 5. The lowest BCUT2D eigenvalue weighted by molar-refractivity contribution is -0.137. The lowest BCUT2D eigenvalue weighted by Crippen LogP contribution is -2.18. The fraction of sp³-hybridized carbons (Fsp3) is 0.105. The minimum absolute atomic E-state index is 0.0277. The van der Waals surface area contributed by atoms with Crippen LogP contribution >= 0.6 is 15.9 Å². The van der Waals surface area contributed by atoms with E-state index in [1.54, 1.807) is 24.3 Å². The lowest BCUT2D eigenvalue weighted by atomic mass is 10.2. The second kappa shape index (κ2) is 8.48. The molecule has 1 amide bonds. The molecule has 2 N–H and O–H groups in total. The van der Waals surface area contributed by atoms with Gasteiger partial charge in [-0.3, -0.25) is 4.79 Å². The molecule has 0 fully saturated rings. The number of benzene rings is 2. The summed E-state index contributed by atoms with van der Waals surface area (Å²) in [4.78, 5) is 20.2. The second-order valence-electron chi connectivity index (χ2n) is 5.73. The van der Waals surface area contributed by atoms with Gasteiger partial charge in [0, 0.05) is 12.7 Å². The van der Waals surface area contributed by atoms with Gasteiger partial charge < -0.3 is 15.4 Å². The van der Waals surface area contributed by atoms with E-state index >= 15 is 0 Å². The summed E-state index contributed by atoms with van der Waals surface area (Å²) < 4.78 is 44.8. The van der Waals surface area contributed by atoms with E-state index in [2.05, 4.69) is 36.5 Å². The monoisotopic (exact) mass is 466 g/mol. The number of hydrogen-bond donors (Lipinski definition) is 2. The number of halogens is 4. The maximum Gasteiger partial charge on any atom is 0.416 e. The molecule has 0 aliphatic carbocycles. The Labute approximate surface area is 172 Å². The SMILES string of the molecule is CNC(=O)c1ccccc1Oc1nc(Nc2cccc(C(F)(F)F)c2)ncc1Br. The summed E-state index contributed by atoms with van der Waals surface area (Å²) >= 11 is 3.26. The highest BCUT2D eigenvalue weighted by molar-refractivity contribution is 9.10. The van der Waals surface area contributed by atoms with Crippen molar-refractivity contribution in [3.63, 3.8) is 0 Å². The predicted octanol–water partition coefficient (Wildman–Crippen LogP) is 5.15. The molecule has 0 saturated heterocycles. The first kappa shape index (κ1) is 20.6. The van der Waals surface area contributed by atoms with E-state index in [1.165, 1.54) is 25.4 Å². The fourth-order valence-corrected chi connectivity index (χ4v) is 2.64. The van der Waals surface area contributed by atoms with Crippen molar-refractivity contribution >= 4 is 33.5 Å². The first-order valence-electron chi connectivity index (χ1n) is 8.23. The van der Waals surface area contributed by atoms with Crippen LogP contribution in [0.1, 0.15) is 15.9 Å². The summed E-state index contributed by atoms with van der Waals surface area (Å²) in [5.74, 6) is 0.0372. The van der Waals surface area contributed by atoms with Crippen LogP contribution in [0.4, 0.5) is 24.8 Å². The summed E-state index contributed by atoms with van der Waals surface area (Å²) in [6.45, 7) is 0. The maximum atomic E-state index is 12.9. The van der Waals surface area contributed by atoms with E-state index in [1.807, 2.05) is 0 Å². The van der Waals surface area contributed by atoms with Crippen molar-refractivity contribution in [1.29, 1.82) is 0 Å². The van der Waals surface area contributed by atoms with Crippen LogP contribution in [0.2, 0.25) is 0 Å². The Hall–Kier alpha value is -3.14. The number of anilines is 2. The fourth-order valence-electron chi connectivity index (χ4n) is 2.37. The van der Waals surface area contributed by atoms with Crippen molar-refractivity contribution in [2.24, 2.45) is 0 Å². The Bertz CT molecular complexity index is 1040. The molecule has 0 bridgehead atoms. The molecule has 0 atom stereocenters. The van der Waals surface area contributed by atoms with E-state index in [9.17, 15) is 18.0 Å². The van der Waals surface area contributed by atoms with E-state index in [4.69, 9.17) is 4.74 Å². The van der Waals surface area contributed by atoms with Gasteiger partial charge >= 0.3 is 6.18 Å². The van der Waals surface area contributed by atoms with E-state index < -0.39 is 11.7 Å². The summed E-state index contributed by atoms with van der Waals surface area (Å²) in [6, 6.07) is 11.2. The smallest absolute Gasteiger partial charge is 0.416 e. The molecule has 29 heavy (non-hydrogen) atoms. The van der Waals surface area contributed by atoms with Crippen molar-refractivity contribution in [2.75, 3.05) is 12.4 Å². The number of ether oxygens (including phenoxy) is 1. The van der Waals surface area contributed by atoms with Gasteiger partial charge in [0.25, 0.3) is 5.91 Å². The summed E-state index contributed by atoms with van der Waals surface area (Å²) in [5.41, 5.74) is -0.331. The quantitative estimate of drug-likeness (QED) is 0.543. The molecule has 0 radical (unpaired) electrons. The second-order valence-corrected chi connectivity index (χ2v) is 6.58. The van der Waals surface area contributed by atoms with Gasteiger partial charge in [-0.1, -0.05) is 18.2 Å². The molecule has 6 nitrogen and oxygen atoms in total. The number of alkyl halides is 3. The highest BCUT2D eigenvalue weighted by Gasteiger charge is 2.30. The van der Waals surface area contributed by atoms with E-state index in [0.717, 1.165) is 12.1 Å². The number of carbonyl (C=O) groups is 1. The molecular weight excluding hydrogens is 453 g/mol. The van der Waals surface area contributed by atoms with Gasteiger partial charge in [-0.15, -0.1) is 0 Å². The highest BCUT2D eigenvalue weighted by Crippen LogP contribution is 2.33. The molecular formula is C19H14BrF3N4O2. The first-order valence-corrected chi connectivity index (χ1v) is 9.03. The molecule has 1 aromatic heterocycles. The van der Waals surface area contributed by atoms with Crippen LogP contribution in [0.25, 0.3) is 0 Å². The number of aromatic nitrogens is 2. The van der Waals surface area contributed by atoms with Crippen LogP contribution < -0.4 is 15.4 Å². The molecule has 0 unspecified atom stereocenters. The van der Waals surface area contributed by atoms with Gasteiger partial charge in [0.2, 0.25) is 11.8 Å². The van der Waals surface area contributed by atoms with Crippen LogP contribution in [-0.4, -0.2) is 22.9 Å². The summed E-state index contributed by atoms with van der Waals surface area (Å²) in [5, 5.41) is 5.23. The third kappa shape index (κ3) is 5.02. The zero-order valence-corrected chi connectivity index (χ0v) is 16.5. The molecule has 0 aliphatic heterocycles. The standard InChI is InChI=1S/C19H14BrF3N4O2/c1-24-16(28)13-7-2-3-8-15(13)29-17-14(20)10-25-18(27-17)26-12-6-4-5-11(9-12)19(21,22)23/h2-10H,1H3,(H,24,28)(H,25,26,27). The molecule has 0 spiro atoms. The van der Waals surface area contributed by atoms with E-state index in [-0.39, 0.29) is 29.2 Å². The third-order valence-electron chi connectivity index (χ3n) is 3.72. The van der Waals surface area contributed by atoms with Gasteiger partial charge in [0.15, 0.2) is 0 Å². The zero-order chi connectivity index (χ0) is 21.0. The number of nitrogens with zero attached hydrogens (tertiary/aromatic N) is 2. The lowest BCUT2D eigenvalue weighted by Gasteiger charge is -2.13. The third-order valence-corrected chi connectivity index (χ3v) is 4.27. The Morgan fingerprint density at radius 3 is 2.62 bits per heavy atom. The molecule has 1 heterocycles. The number of nitrogens with one attached hydrogen (secondary N) is 2. The van der Waals surface area contributed by atoms with Crippen LogP contribution in [-0.2, 0) is 6.18 Å². The van der Waals surface area contributed by atoms with Crippen LogP contribution in [0.15, 0.2) is 59.2 Å². The van der Waals surface area contributed by atoms with Gasteiger partial charge in [0.05, 0.1) is 21.8 Å². The van der Waals surface area contributed by atoms with Crippen molar-refractivity contribution in [1.82, 2.24) is 15.3 Å². The van der Waals surface area contributed by atoms with Crippen LogP contribution in [0, 0.1) is 0 Å². The Morgan fingerprint density at radius 1 is 1.14 bits per heavy atom. The number of para-hydroxylation sites is 1. The predicted molar refractivity (Wildman–Crippen MR) is 104 cm³/mol. The van der Waals surface area contributed by atoms with E-state index in [0.29, 0.717) is 10.0 Å². The van der Waals surface area contributed by atoms with Crippen LogP contribution in [0.3, 0.4) is 0 Å². The number of carbonyl (C=O) groups excluding carboxylic acids is 1. The normalized spacial score (nSPS) is 11.1. The average Bonchev–Trinajstić information content (AvgIpc) is 2.70. The molecule has 0 saturated carbocycles. The zero-order valence-electron chi connectivity index (χ0n) is 14.9. The van der Waals surface area contributed by atoms with Crippen molar-refractivity contribution in [2.45, 2.75) is 6.18 Å². The van der Waals surface area contributed by atoms with Gasteiger partial charge in [0.1, 0.15) is 5.75 Å². The first-order chi connectivity index (χ1) is 13.8. The average molecular weight is 467 g/mol. The minimum Gasteiger partial charge on any atom is -0.437 e. The van der Waals surface area contributed by atoms with Gasteiger partial charge in [-0.25, -0.2) is 4.98 Å². The Morgan fingerprint density at radius 2 is 1.90 bits per heavy atom. The number of hydrogen-bond acceptors (Lipinski definition) is 5. The summed E-state index contributed by atoms with van der Waals surface area (Å²) in [7, 11) is 1.50. The molecule has 2 aromatic carbocycles. The molecule has 10 heteroatoms. The Kier molecular flexibility index (Phi) is 6.02. The minimum atomic E-state index is -4.46. The molecule has 150 valence electrons. The molecule has 0 aliphatic rings. The van der Waals surface area contributed by atoms with Crippen molar-refractivity contribution < 1.29 is 22.7 Å². The summed E-state index contributed by atoms with van der Waals surface area (Å²) in [6.07, 6.45) is -3.07. The van der Waals surface area contributed by atoms with Crippen molar-refractivity contribution in [3.8, 4) is 11.6 Å². The molecule has 3 rings (SSSR count). The van der Waals surface area contributed by atoms with Gasteiger partial charge in [-0.2, -0.15) is 18.2 Å². The van der Waals surface area contributed by atoms with Gasteiger partial charge in [-0.05, 0) is 46.3 Å².